The molecule has 0 aliphatic heterocycles. The fourth-order valence-electron chi connectivity index (χ4n) is 0.0357. The Morgan fingerprint density at radius 3 is 1.43 bits per heavy atom. The molecule has 0 radical (unpaired) electrons. The van der Waals surface area contributed by atoms with Gasteiger partial charge in [-0.1, -0.05) is 59.0 Å². The van der Waals surface area contributed by atoms with Crippen LogP contribution < -0.4 is 0 Å². The lowest BCUT2D eigenvalue weighted by Crippen LogP contribution is -2.13. The first-order chi connectivity index (χ1) is 3.12. The Morgan fingerprint density at radius 1 is 1.14 bits per heavy atom. The van der Waals surface area contributed by atoms with Crippen molar-refractivity contribution in [3.05, 3.63) is 0 Å². The van der Waals surface area contributed by atoms with Gasteiger partial charge in [-0.2, -0.15) is 0 Å². The molecule has 0 aliphatic rings. The molecular formula is C5H10I2. The fraction of sp³-hybridized carbons (Fsp3) is 1.00. The van der Waals surface area contributed by atoms with Crippen molar-refractivity contribution in [2.45, 2.75) is 13.8 Å². The van der Waals surface area contributed by atoms with E-state index in [0.717, 1.165) is 0 Å². The van der Waals surface area contributed by atoms with Gasteiger partial charge < -0.3 is 0 Å². The Kier molecular flexibility index (Phi) is 4.20. The van der Waals surface area contributed by atoms with Crippen molar-refractivity contribution in [2.24, 2.45) is 5.41 Å². The number of hydrogen-bond acceptors (Lipinski definition) is 0. The van der Waals surface area contributed by atoms with Crippen LogP contribution in [0.4, 0.5) is 0 Å². The Labute approximate surface area is 72.7 Å². The minimum Gasteiger partial charge on any atom is -0.0858 e. The van der Waals surface area contributed by atoms with E-state index in [1.807, 2.05) is 0 Å². The molecule has 0 spiro atoms. The smallest absolute Gasteiger partial charge is 0.00540 e. The van der Waals surface area contributed by atoms with Gasteiger partial charge in [0.15, 0.2) is 0 Å². The van der Waals surface area contributed by atoms with Crippen LogP contribution in [0.2, 0.25) is 0 Å². The summed E-state index contributed by atoms with van der Waals surface area (Å²) in [6.45, 7) is 4.57. The number of rotatable bonds is 2. The molecule has 0 amide bonds. The molecule has 44 valence electrons. The zero-order valence-electron chi connectivity index (χ0n) is 4.67. The molecule has 0 heterocycles. The lowest BCUT2D eigenvalue weighted by Gasteiger charge is -2.16. The van der Waals surface area contributed by atoms with E-state index in [4.69, 9.17) is 0 Å². The molecular weight excluding hydrogens is 314 g/mol. The van der Waals surface area contributed by atoms with Gasteiger partial charge in [0.2, 0.25) is 0 Å². The van der Waals surface area contributed by atoms with E-state index in [-0.39, 0.29) is 0 Å². The van der Waals surface area contributed by atoms with Gasteiger partial charge in [0, 0.05) is 8.86 Å². The van der Waals surface area contributed by atoms with Crippen LogP contribution in [0.25, 0.3) is 0 Å². The van der Waals surface area contributed by atoms with Gasteiger partial charge in [-0.25, -0.2) is 0 Å². The first-order valence-corrected chi connectivity index (χ1v) is 5.29. The van der Waals surface area contributed by atoms with E-state index in [2.05, 4.69) is 59.0 Å². The highest BCUT2D eigenvalue weighted by Crippen LogP contribution is 2.20. The second kappa shape index (κ2) is 3.48. The van der Waals surface area contributed by atoms with E-state index in [1.54, 1.807) is 0 Å². The zero-order chi connectivity index (χ0) is 5.91. The molecule has 2 heteroatoms. The largest absolute Gasteiger partial charge is 0.0858 e. The molecule has 0 aromatic rings. The molecule has 0 aromatic heterocycles. The molecule has 0 N–H and O–H groups in total. The monoisotopic (exact) mass is 324 g/mol. The quantitative estimate of drug-likeness (QED) is 0.541. The molecule has 0 saturated carbocycles. The summed E-state index contributed by atoms with van der Waals surface area (Å²) in [5, 5.41) is 0. The van der Waals surface area contributed by atoms with Crippen molar-refractivity contribution >= 4 is 45.2 Å². The van der Waals surface area contributed by atoms with Crippen LogP contribution in [0.15, 0.2) is 0 Å². The second-order valence-electron chi connectivity index (χ2n) is 2.43. The highest BCUT2D eigenvalue weighted by atomic mass is 127. The highest BCUT2D eigenvalue weighted by Gasteiger charge is 2.12. The lowest BCUT2D eigenvalue weighted by molar-refractivity contribution is 0.510. The topological polar surface area (TPSA) is 0 Å². The molecule has 0 aromatic carbocycles. The Balaban J connectivity index is 3.36. The van der Waals surface area contributed by atoms with Gasteiger partial charge in [0.05, 0.1) is 0 Å². The van der Waals surface area contributed by atoms with E-state index in [9.17, 15) is 0 Å². The van der Waals surface area contributed by atoms with Crippen LogP contribution in [0, 0.1) is 5.41 Å². The van der Waals surface area contributed by atoms with Crippen molar-refractivity contribution in [2.75, 3.05) is 8.86 Å². The average Bonchev–Trinajstić information content (AvgIpc) is 1.68. The average molecular weight is 324 g/mol. The van der Waals surface area contributed by atoms with Crippen LogP contribution >= 0.6 is 45.2 Å². The maximum absolute atomic E-state index is 2.43. The lowest BCUT2D eigenvalue weighted by atomic mass is 10.0. The van der Waals surface area contributed by atoms with Crippen LogP contribution in [-0.2, 0) is 0 Å². The number of alkyl halides is 2. The molecule has 0 bridgehead atoms. The van der Waals surface area contributed by atoms with Crippen molar-refractivity contribution < 1.29 is 0 Å². The molecule has 0 rings (SSSR count). The van der Waals surface area contributed by atoms with E-state index >= 15 is 0 Å². The standard InChI is InChI=1S/C5H10I2/c1-5(2,3-6)4-7/h3-4H2,1-2H3. The molecule has 0 atom stereocenters. The van der Waals surface area contributed by atoms with Crippen molar-refractivity contribution in [1.29, 1.82) is 0 Å². The third-order valence-electron chi connectivity index (χ3n) is 0.724. The van der Waals surface area contributed by atoms with Gasteiger partial charge in [-0.05, 0) is 5.41 Å². The van der Waals surface area contributed by atoms with Crippen LogP contribution in [0.1, 0.15) is 13.8 Å². The first kappa shape index (κ1) is 8.46. The third-order valence-corrected chi connectivity index (χ3v) is 4.85. The summed E-state index contributed by atoms with van der Waals surface area (Å²) in [6.07, 6.45) is 0. The fourth-order valence-corrected chi connectivity index (χ4v) is 1.61. The second-order valence-corrected chi connectivity index (χ2v) is 3.96. The van der Waals surface area contributed by atoms with Gasteiger partial charge in [-0.3, -0.25) is 0 Å². The molecule has 0 unspecified atom stereocenters. The summed E-state index contributed by atoms with van der Waals surface area (Å²) in [6, 6.07) is 0. The third kappa shape index (κ3) is 4.00. The minimum absolute atomic E-state index is 0.557. The van der Waals surface area contributed by atoms with Gasteiger partial charge >= 0.3 is 0 Å². The highest BCUT2D eigenvalue weighted by molar-refractivity contribution is 14.1. The SMILES string of the molecule is CC(C)(CI)CI. The Hall–Kier alpha value is 1.46. The van der Waals surface area contributed by atoms with E-state index in [1.165, 1.54) is 8.86 Å². The molecule has 0 saturated heterocycles. The van der Waals surface area contributed by atoms with Gasteiger partial charge in [-0.15, -0.1) is 0 Å². The summed E-state index contributed by atoms with van der Waals surface area (Å²) in [4.78, 5) is 0. The van der Waals surface area contributed by atoms with Crippen LogP contribution in [-0.4, -0.2) is 8.86 Å². The van der Waals surface area contributed by atoms with E-state index < -0.39 is 0 Å². The van der Waals surface area contributed by atoms with Crippen molar-refractivity contribution in [1.82, 2.24) is 0 Å². The predicted octanol–water partition coefficient (Wildman–Crippen LogP) is 2.88. The van der Waals surface area contributed by atoms with E-state index in [0.29, 0.717) is 5.41 Å². The predicted molar refractivity (Wildman–Crippen MR) is 51.6 cm³/mol. The minimum atomic E-state index is 0.557. The number of halogens is 2. The molecule has 0 fully saturated rings. The van der Waals surface area contributed by atoms with Crippen molar-refractivity contribution in [3.8, 4) is 0 Å². The maximum Gasteiger partial charge on any atom is 0.00540 e. The Morgan fingerprint density at radius 2 is 1.43 bits per heavy atom. The zero-order valence-corrected chi connectivity index (χ0v) is 8.99. The van der Waals surface area contributed by atoms with Crippen molar-refractivity contribution in [3.63, 3.8) is 0 Å². The summed E-state index contributed by atoms with van der Waals surface area (Å²) in [5.74, 6) is 0. The van der Waals surface area contributed by atoms with Crippen LogP contribution in [0.3, 0.4) is 0 Å². The van der Waals surface area contributed by atoms with Gasteiger partial charge in [0.1, 0.15) is 0 Å². The van der Waals surface area contributed by atoms with Gasteiger partial charge in [0.25, 0.3) is 0 Å². The molecule has 0 nitrogen and oxygen atoms in total. The number of hydrogen-bond donors (Lipinski definition) is 0. The molecule has 7 heavy (non-hydrogen) atoms. The first-order valence-electron chi connectivity index (χ1n) is 2.24. The maximum atomic E-state index is 2.43. The van der Waals surface area contributed by atoms with Crippen LogP contribution in [0.5, 0.6) is 0 Å². The molecule has 0 aliphatic carbocycles. The summed E-state index contributed by atoms with van der Waals surface area (Å²) in [7, 11) is 0. The summed E-state index contributed by atoms with van der Waals surface area (Å²) in [5.41, 5.74) is 0.557. The summed E-state index contributed by atoms with van der Waals surface area (Å²) < 4.78 is 2.52. The normalized spacial score (nSPS) is 12.0. The summed E-state index contributed by atoms with van der Waals surface area (Å²) >= 11 is 4.85. The Bertz CT molecular complexity index is 44.0.